The molecule has 9 heteroatoms. The lowest BCUT2D eigenvalue weighted by Crippen LogP contribution is -2.33. The second kappa shape index (κ2) is 4.37. The molecule has 4 aromatic heterocycles. The van der Waals surface area contributed by atoms with E-state index in [9.17, 15) is 0 Å². The van der Waals surface area contributed by atoms with Gasteiger partial charge in [0.05, 0.1) is 17.6 Å². The Kier molecular flexibility index (Phi) is 2.58. The highest BCUT2D eigenvalue weighted by Crippen LogP contribution is 2.41. The molecule has 0 spiro atoms. The monoisotopic (exact) mass is 346 g/mol. The zero-order valence-corrected chi connectivity index (χ0v) is 14.3. The molecular formula is C14H14N6OS2. The van der Waals surface area contributed by atoms with Crippen LogP contribution in [-0.4, -0.2) is 34.8 Å². The van der Waals surface area contributed by atoms with Crippen LogP contribution in [0.1, 0.15) is 30.7 Å². The van der Waals surface area contributed by atoms with Crippen LogP contribution in [0.5, 0.6) is 0 Å². The fourth-order valence-electron chi connectivity index (χ4n) is 3.25. The van der Waals surface area contributed by atoms with Crippen molar-refractivity contribution in [2.75, 3.05) is 0 Å². The smallest absolute Gasteiger partial charge is 0.257 e. The third kappa shape index (κ3) is 1.67. The summed E-state index contributed by atoms with van der Waals surface area (Å²) in [5.41, 5.74) is 2.01. The Morgan fingerprint density at radius 1 is 1.52 bits per heavy atom. The Hall–Kier alpha value is -1.84. The summed E-state index contributed by atoms with van der Waals surface area (Å²) in [7, 11) is 0. The van der Waals surface area contributed by atoms with Crippen LogP contribution in [0.3, 0.4) is 0 Å². The summed E-state index contributed by atoms with van der Waals surface area (Å²) in [6.07, 6.45) is 3.41. The molecule has 118 valence electrons. The molecule has 0 bridgehead atoms. The maximum absolute atomic E-state index is 6.10. The number of fused-ring (bicyclic) bond motifs is 8. The summed E-state index contributed by atoms with van der Waals surface area (Å²) in [6.45, 7) is 4.96. The standard InChI is InChI=1S/C14H14N6OS2/c1-3-14(2)4-7-8(5-21-14)23-11-9(7)10-15-6-16-20(10)12-17-18-13(22)19(11)12/h6H,3-5H2,1-2H3,(H,18,22)/t14-/m0/s1. The molecule has 0 radical (unpaired) electrons. The van der Waals surface area contributed by atoms with Crippen LogP contribution in [0.15, 0.2) is 6.33 Å². The highest BCUT2D eigenvalue weighted by molar-refractivity contribution is 7.71. The summed E-state index contributed by atoms with van der Waals surface area (Å²) < 4.78 is 10.4. The molecule has 0 aromatic carbocycles. The van der Waals surface area contributed by atoms with Crippen molar-refractivity contribution in [1.82, 2.24) is 29.2 Å². The molecule has 0 unspecified atom stereocenters. The van der Waals surface area contributed by atoms with Gasteiger partial charge in [0.1, 0.15) is 11.2 Å². The first-order chi connectivity index (χ1) is 11.1. The Morgan fingerprint density at radius 3 is 3.22 bits per heavy atom. The van der Waals surface area contributed by atoms with E-state index in [2.05, 4.69) is 34.1 Å². The van der Waals surface area contributed by atoms with Gasteiger partial charge < -0.3 is 4.74 Å². The van der Waals surface area contributed by atoms with Crippen molar-refractivity contribution < 1.29 is 4.74 Å². The first kappa shape index (κ1) is 13.6. The molecule has 1 N–H and O–H groups in total. The van der Waals surface area contributed by atoms with E-state index in [-0.39, 0.29) is 5.60 Å². The fraction of sp³-hybridized carbons (Fsp3) is 0.429. The van der Waals surface area contributed by atoms with Gasteiger partial charge in [0, 0.05) is 11.3 Å². The molecule has 1 aliphatic heterocycles. The van der Waals surface area contributed by atoms with Gasteiger partial charge in [-0.1, -0.05) is 6.92 Å². The van der Waals surface area contributed by atoms with E-state index in [1.54, 1.807) is 22.2 Å². The van der Waals surface area contributed by atoms with Crippen molar-refractivity contribution in [3.63, 3.8) is 0 Å². The van der Waals surface area contributed by atoms with E-state index in [0.29, 0.717) is 17.2 Å². The third-order valence-corrected chi connectivity index (χ3v) is 6.21. The highest BCUT2D eigenvalue weighted by Gasteiger charge is 2.33. The number of hydrogen-bond acceptors (Lipinski definition) is 6. The number of nitrogens with zero attached hydrogens (tertiary/aromatic N) is 5. The van der Waals surface area contributed by atoms with Crippen molar-refractivity contribution >= 4 is 45.2 Å². The molecule has 5 heterocycles. The van der Waals surface area contributed by atoms with Gasteiger partial charge in [-0.25, -0.2) is 14.5 Å². The molecule has 0 saturated carbocycles. The summed E-state index contributed by atoms with van der Waals surface area (Å²) in [4.78, 5) is 6.78. The number of aromatic amines is 1. The van der Waals surface area contributed by atoms with Crippen molar-refractivity contribution in [2.24, 2.45) is 0 Å². The maximum atomic E-state index is 6.10. The van der Waals surface area contributed by atoms with E-state index < -0.39 is 0 Å². The SMILES string of the molecule is CC[C@@]1(C)Cc2c(sc3c2c2ncnn2c2n[nH]c(=S)n32)CO1. The van der Waals surface area contributed by atoms with Crippen LogP contribution >= 0.6 is 23.6 Å². The molecule has 5 rings (SSSR count). The normalized spacial score (nSPS) is 21.5. The van der Waals surface area contributed by atoms with Gasteiger partial charge in [-0.05, 0) is 31.1 Å². The minimum absolute atomic E-state index is 0.134. The van der Waals surface area contributed by atoms with Crippen LogP contribution < -0.4 is 0 Å². The maximum Gasteiger partial charge on any atom is 0.257 e. The number of thiophene rings is 1. The molecule has 0 saturated heterocycles. The van der Waals surface area contributed by atoms with Crippen molar-refractivity contribution in [1.29, 1.82) is 0 Å². The highest BCUT2D eigenvalue weighted by atomic mass is 32.1. The zero-order chi connectivity index (χ0) is 15.8. The number of H-pyrrole nitrogens is 1. The van der Waals surface area contributed by atoms with Crippen LogP contribution in [-0.2, 0) is 17.8 Å². The predicted octanol–water partition coefficient (Wildman–Crippen LogP) is 2.89. The Morgan fingerprint density at radius 2 is 2.39 bits per heavy atom. The van der Waals surface area contributed by atoms with E-state index in [1.165, 1.54) is 10.4 Å². The van der Waals surface area contributed by atoms with Gasteiger partial charge in [0.15, 0.2) is 5.65 Å². The van der Waals surface area contributed by atoms with Gasteiger partial charge in [-0.2, -0.15) is 9.61 Å². The van der Waals surface area contributed by atoms with Crippen molar-refractivity contribution in [3.8, 4) is 0 Å². The minimum Gasteiger partial charge on any atom is -0.369 e. The van der Waals surface area contributed by atoms with Crippen LogP contribution in [0.2, 0.25) is 0 Å². The minimum atomic E-state index is -0.134. The molecule has 4 aromatic rings. The van der Waals surface area contributed by atoms with Gasteiger partial charge in [0.25, 0.3) is 5.78 Å². The van der Waals surface area contributed by atoms with Gasteiger partial charge in [-0.3, -0.25) is 0 Å². The predicted molar refractivity (Wildman–Crippen MR) is 89.5 cm³/mol. The van der Waals surface area contributed by atoms with Crippen LogP contribution in [0.4, 0.5) is 0 Å². The molecule has 23 heavy (non-hydrogen) atoms. The second-order valence-corrected chi connectivity index (χ2v) is 7.58. The summed E-state index contributed by atoms with van der Waals surface area (Å²) in [6, 6.07) is 0. The second-order valence-electron chi connectivity index (χ2n) is 6.11. The average molecular weight is 346 g/mol. The Bertz CT molecular complexity index is 1140. The number of nitrogens with one attached hydrogen (secondary N) is 1. The van der Waals surface area contributed by atoms with Crippen LogP contribution in [0.25, 0.3) is 21.6 Å². The third-order valence-electron chi connectivity index (χ3n) is 4.74. The Balaban J connectivity index is 1.99. The van der Waals surface area contributed by atoms with E-state index >= 15 is 0 Å². The van der Waals surface area contributed by atoms with Gasteiger partial charge in [-0.15, -0.1) is 16.4 Å². The van der Waals surface area contributed by atoms with E-state index in [1.807, 2.05) is 4.40 Å². The molecule has 0 amide bonds. The molecular weight excluding hydrogens is 332 g/mol. The molecule has 1 atom stereocenters. The average Bonchev–Trinajstić information content (AvgIpc) is 3.23. The summed E-state index contributed by atoms with van der Waals surface area (Å²) in [5, 5.41) is 12.6. The lowest BCUT2D eigenvalue weighted by molar-refractivity contribution is -0.0542. The van der Waals surface area contributed by atoms with E-state index in [4.69, 9.17) is 17.0 Å². The number of ether oxygens (including phenoxy) is 1. The first-order valence-electron chi connectivity index (χ1n) is 7.48. The Labute approximate surface area is 139 Å². The lowest BCUT2D eigenvalue weighted by Gasteiger charge is -2.32. The van der Waals surface area contributed by atoms with Gasteiger partial charge >= 0.3 is 0 Å². The first-order valence-corrected chi connectivity index (χ1v) is 8.71. The van der Waals surface area contributed by atoms with Crippen molar-refractivity contribution in [2.45, 2.75) is 38.9 Å². The number of rotatable bonds is 1. The summed E-state index contributed by atoms with van der Waals surface area (Å²) in [5.74, 6) is 0.660. The fourth-order valence-corrected chi connectivity index (χ4v) is 4.76. The van der Waals surface area contributed by atoms with Gasteiger partial charge in [0.2, 0.25) is 4.77 Å². The molecule has 7 nitrogen and oxygen atoms in total. The quantitative estimate of drug-likeness (QED) is 0.537. The topological polar surface area (TPSA) is 72.5 Å². The molecule has 1 aliphatic rings. The number of hydrogen-bond donors (Lipinski definition) is 1. The van der Waals surface area contributed by atoms with E-state index in [0.717, 1.165) is 28.7 Å². The van der Waals surface area contributed by atoms with Crippen LogP contribution in [0, 0.1) is 4.77 Å². The lowest BCUT2D eigenvalue weighted by atomic mass is 9.90. The summed E-state index contributed by atoms with van der Waals surface area (Å²) >= 11 is 7.13. The van der Waals surface area contributed by atoms with Crippen molar-refractivity contribution in [3.05, 3.63) is 21.5 Å². The molecule has 0 aliphatic carbocycles. The zero-order valence-electron chi connectivity index (χ0n) is 12.7. The molecule has 0 fully saturated rings. The number of aromatic nitrogens is 6. The largest absolute Gasteiger partial charge is 0.369 e.